The molecule has 17 heavy (non-hydrogen) atoms. The van der Waals surface area contributed by atoms with Crippen molar-refractivity contribution in [2.45, 2.75) is 52.1 Å². The van der Waals surface area contributed by atoms with Crippen molar-refractivity contribution in [1.82, 2.24) is 5.32 Å². The lowest BCUT2D eigenvalue weighted by Gasteiger charge is -2.28. The first-order valence-corrected chi connectivity index (χ1v) is 6.00. The molecular weight excluding hydrogens is 220 g/mol. The minimum atomic E-state index is -0.992. The fourth-order valence-electron chi connectivity index (χ4n) is 2.16. The van der Waals surface area contributed by atoms with E-state index in [-0.39, 0.29) is 17.9 Å². The molecule has 1 fully saturated rings. The molecule has 0 aromatic rings. The molecule has 0 spiro atoms. The molecule has 1 rings (SSSR count). The van der Waals surface area contributed by atoms with Gasteiger partial charge in [-0.25, -0.2) is 4.79 Å². The van der Waals surface area contributed by atoms with Crippen molar-refractivity contribution in [3.8, 4) is 0 Å². The Morgan fingerprint density at radius 2 is 1.94 bits per heavy atom. The molecule has 4 N–H and O–H groups in total. The van der Waals surface area contributed by atoms with E-state index in [2.05, 4.69) is 5.32 Å². The van der Waals surface area contributed by atoms with E-state index in [4.69, 9.17) is 10.8 Å². The number of carbonyl (C=O) groups is 2. The molecule has 98 valence electrons. The van der Waals surface area contributed by atoms with Crippen molar-refractivity contribution in [3.63, 3.8) is 0 Å². The second-order valence-corrected chi connectivity index (χ2v) is 5.92. The minimum Gasteiger partial charge on any atom is -0.480 e. The summed E-state index contributed by atoms with van der Waals surface area (Å²) in [4.78, 5) is 23.0. The van der Waals surface area contributed by atoms with Gasteiger partial charge in [0.15, 0.2) is 0 Å². The highest BCUT2D eigenvalue weighted by Gasteiger charge is 2.36. The van der Waals surface area contributed by atoms with Crippen LogP contribution in [0.2, 0.25) is 0 Å². The summed E-state index contributed by atoms with van der Waals surface area (Å²) in [6.07, 6.45) is 2.25. The van der Waals surface area contributed by atoms with Gasteiger partial charge in [0.25, 0.3) is 0 Å². The number of amides is 1. The number of aliphatic carboxylic acids is 1. The van der Waals surface area contributed by atoms with Gasteiger partial charge >= 0.3 is 5.97 Å². The summed E-state index contributed by atoms with van der Waals surface area (Å²) in [6.45, 7) is 5.39. The monoisotopic (exact) mass is 242 g/mol. The normalized spacial score (nSPS) is 26.6. The van der Waals surface area contributed by atoms with Crippen LogP contribution in [0.15, 0.2) is 0 Å². The van der Waals surface area contributed by atoms with Crippen molar-refractivity contribution < 1.29 is 14.7 Å². The Balaban J connectivity index is 2.62. The Kier molecular flexibility index (Phi) is 4.14. The molecule has 0 radical (unpaired) electrons. The standard InChI is InChI=1S/C12H22N2O3/c1-12(2,3)9(11(16)17)14-10(15)7-4-5-8(13)6-7/h7-9H,4-6,13H2,1-3H3,(H,14,15)(H,16,17)/t7?,8?,9-/m1/s1. The summed E-state index contributed by atoms with van der Waals surface area (Å²) in [5.41, 5.74) is 5.25. The van der Waals surface area contributed by atoms with Gasteiger partial charge < -0.3 is 16.2 Å². The third-order valence-electron chi connectivity index (χ3n) is 3.24. The molecule has 1 aliphatic rings. The SMILES string of the molecule is CC(C)(C)[C@H](NC(=O)C1CCC(N)C1)C(=O)O. The zero-order valence-electron chi connectivity index (χ0n) is 10.7. The Bertz CT molecular complexity index is 309. The first-order valence-electron chi connectivity index (χ1n) is 6.00. The summed E-state index contributed by atoms with van der Waals surface area (Å²) in [6, 6.07) is -0.782. The van der Waals surface area contributed by atoms with Gasteiger partial charge in [0.1, 0.15) is 6.04 Å². The molecule has 0 aromatic carbocycles. The Hall–Kier alpha value is -1.10. The van der Waals surface area contributed by atoms with E-state index in [0.717, 1.165) is 12.8 Å². The number of carboxylic acid groups (broad SMARTS) is 1. The molecule has 2 unspecified atom stereocenters. The van der Waals surface area contributed by atoms with Crippen LogP contribution in [-0.4, -0.2) is 29.1 Å². The average molecular weight is 242 g/mol. The molecule has 0 saturated heterocycles. The summed E-state index contributed by atoms with van der Waals surface area (Å²) < 4.78 is 0. The highest BCUT2D eigenvalue weighted by Crippen LogP contribution is 2.26. The lowest BCUT2D eigenvalue weighted by atomic mass is 9.86. The first kappa shape index (κ1) is 14.0. The largest absolute Gasteiger partial charge is 0.480 e. The summed E-state index contributed by atoms with van der Waals surface area (Å²) in [7, 11) is 0. The fourth-order valence-corrected chi connectivity index (χ4v) is 2.16. The van der Waals surface area contributed by atoms with E-state index >= 15 is 0 Å². The third kappa shape index (κ3) is 3.70. The topological polar surface area (TPSA) is 92.4 Å². The van der Waals surface area contributed by atoms with E-state index in [1.165, 1.54) is 0 Å². The zero-order chi connectivity index (χ0) is 13.2. The van der Waals surface area contributed by atoms with Crippen LogP contribution in [0.5, 0.6) is 0 Å². The highest BCUT2D eigenvalue weighted by atomic mass is 16.4. The molecule has 0 heterocycles. The van der Waals surface area contributed by atoms with Gasteiger partial charge in [-0.15, -0.1) is 0 Å². The Morgan fingerprint density at radius 3 is 2.29 bits per heavy atom. The number of hydrogen-bond donors (Lipinski definition) is 3. The maximum Gasteiger partial charge on any atom is 0.326 e. The lowest BCUT2D eigenvalue weighted by Crippen LogP contribution is -2.50. The molecule has 5 heteroatoms. The van der Waals surface area contributed by atoms with Crippen molar-refractivity contribution in [2.24, 2.45) is 17.1 Å². The van der Waals surface area contributed by atoms with Gasteiger partial charge in [-0.2, -0.15) is 0 Å². The predicted molar refractivity (Wildman–Crippen MR) is 64.3 cm³/mol. The van der Waals surface area contributed by atoms with Crippen molar-refractivity contribution >= 4 is 11.9 Å². The molecule has 0 aliphatic heterocycles. The average Bonchev–Trinajstić information content (AvgIpc) is 2.58. The minimum absolute atomic E-state index is 0.0728. The second-order valence-electron chi connectivity index (χ2n) is 5.92. The van der Waals surface area contributed by atoms with Gasteiger partial charge in [0.2, 0.25) is 5.91 Å². The molecule has 1 saturated carbocycles. The van der Waals surface area contributed by atoms with Crippen LogP contribution >= 0.6 is 0 Å². The number of carboxylic acids is 1. The molecule has 5 nitrogen and oxygen atoms in total. The van der Waals surface area contributed by atoms with Gasteiger partial charge in [-0.3, -0.25) is 4.79 Å². The molecule has 3 atom stereocenters. The zero-order valence-corrected chi connectivity index (χ0v) is 10.7. The van der Waals surface area contributed by atoms with E-state index < -0.39 is 17.4 Å². The number of hydrogen-bond acceptors (Lipinski definition) is 3. The van der Waals surface area contributed by atoms with Gasteiger partial charge in [-0.1, -0.05) is 20.8 Å². The number of carbonyl (C=O) groups excluding carboxylic acids is 1. The van der Waals surface area contributed by atoms with E-state index in [1.807, 2.05) is 0 Å². The molecule has 0 aromatic heterocycles. The molecule has 1 amide bonds. The van der Waals surface area contributed by atoms with Crippen LogP contribution in [0.4, 0.5) is 0 Å². The van der Waals surface area contributed by atoms with Gasteiger partial charge in [0.05, 0.1) is 0 Å². The molecule has 1 aliphatic carbocycles. The quantitative estimate of drug-likeness (QED) is 0.680. The lowest BCUT2D eigenvalue weighted by molar-refractivity contribution is -0.145. The van der Waals surface area contributed by atoms with Gasteiger partial charge in [0, 0.05) is 12.0 Å². The molecular formula is C12H22N2O3. The van der Waals surface area contributed by atoms with E-state index in [9.17, 15) is 9.59 Å². The number of rotatable bonds is 3. The number of nitrogens with two attached hydrogens (primary N) is 1. The Labute approximate surface area is 102 Å². The van der Waals surface area contributed by atoms with Crippen LogP contribution in [0.3, 0.4) is 0 Å². The third-order valence-corrected chi connectivity index (χ3v) is 3.24. The summed E-state index contributed by atoms with van der Waals surface area (Å²) >= 11 is 0. The fraction of sp³-hybridized carbons (Fsp3) is 0.833. The first-order chi connectivity index (χ1) is 7.71. The molecule has 0 bridgehead atoms. The Morgan fingerprint density at radius 1 is 1.35 bits per heavy atom. The highest BCUT2D eigenvalue weighted by molar-refractivity contribution is 5.85. The maximum atomic E-state index is 11.9. The van der Waals surface area contributed by atoms with Crippen molar-refractivity contribution in [2.75, 3.05) is 0 Å². The summed E-state index contributed by atoms with van der Waals surface area (Å²) in [5, 5.41) is 11.7. The van der Waals surface area contributed by atoms with Crippen LogP contribution in [-0.2, 0) is 9.59 Å². The predicted octanol–water partition coefficient (Wildman–Crippen LogP) is 0.729. The summed E-state index contributed by atoms with van der Waals surface area (Å²) in [5.74, 6) is -1.30. The van der Waals surface area contributed by atoms with Crippen LogP contribution in [0.25, 0.3) is 0 Å². The smallest absolute Gasteiger partial charge is 0.326 e. The van der Waals surface area contributed by atoms with Crippen molar-refractivity contribution in [1.29, 1.82) is 0 Å². The van der Waals surface area contributed by atoms with Crippen LogP contribution < -0.4 is 11.1 Å². The van der Waals surface area contributed by atoms with Crippen LogP contribution in [0.1, 0.15) is 40.0 Å². The van der Waals surface area contributed by atoms with Crippen molar-refractivity contribution in [3.05, 3.63) is 0 Å². The maximum absolute atomic E-state index is 11.9. The number of nitrogens with one attached hydrogen (secondary N) is 1. The second kappa shape index (κ2) is 5.04. The van der Waals surface area contributed by atoms with Gasteiger partial charge in [-0.05, 0) is 24.7 Å². The van der Waals surface area contributed by atoms with E-state index in [1.54, 1.807) is 20.8 Å². The van der Waals surface area contributed by atoms with Crippen LogP contribution in [0, 0.1) is 11.3 Å². The van der Waals surface area contributed by atoms with E-state index in [0.29, 0.717) is 6.42 Å².